The van der Waals surface area contributed by atoms with Gasteiger partial charge in [0.25, 0.3) is 5.56 Å². The summed E-state index contributed by atoms with van der Waals surface area (Å²) in [5, 5.41) is 0.442. The zero-order chi connectivity index (χ0) is 10.7. The molecule has 0 unspecified atom stereocenters. The van der Waals surface area contributed by atoms with Crippen molar-refractivity contribution in [3.63, 3.8) is 0 Å². The van der Waals surface area contributed by atoms with Crippen molar-refractivity contribution < 1.29 is 0 Å². The Morgan fingerprint density at radius 3 is 2.87 bits per heavy atom. The topological polar surface area (TPSA) is 47.8 Å². The minimum absolute atomic E-state index is 0.0834. The molecule has 0 N–H and O–H groups in total. The van der Waals surface area contributed by atoms with Crippen LogP contribution in [0.5, 0.6) is 0 Å². The van der Waals surface area contributed by atoms with Gasteiger partial charge in [-0.2, -0.15) is 0 Å². The molecule has 76 valence electrons. The fourth-order valence-electron chi connectivity index (χ4n) is 1.19. The summed E-state index contributed by atoms with van der Waals surface area (Å²) < 4.78 is 1.50. The van der Waals surface area contributed by atoms with Crippen LogP contribution in [0.4, 0.5) is 0 Å². The second-order valence-corrected chi connectivity index (χ2v) is 3.42. The van der Waals surface area contributed by atoms with Gasteiger partial charge < -0.3 is 0 Å². The Morgan fingerprint density at radius 1 is 1.33 bits per heavy atom. The van der Waals surface area contributed by atoms with Gasteiger partial charge in [0.2, 0.25) is 0 Å². The van der Waals surface area contributed by atoms with Crippen LogP contribution in [0, 0.1) is 0 Å². The number of pyridine rings is 1. The van der Waals surface area contributed by atoms with Crippen LogP contribution in [-0.2, 0) is 6.54 Å². The predicted octanol–water partition coefficient (Wildman–Crippen LogP) is 1.34. The Bertz CT molecular complexity index is 507. The van der Waals surface area contributed by atoms with Crippen LogP contribution in [-0.4, -0.2) is 14.5 Å². The third kappa shape index (κ3) is 2.41. The van der Waals surface area contributed by atoms with Crippen LogP contribution in [0.3, 0.4) is 0 Å². The van der Waals surface area contributed by atoms with Gasteiger partial charge in [-0.25, -0.2) is 9.97 Å². The van der Waals surface area contributed by atoms with Crippen molar-refractivity contribution in [2.75, 3.05) is 0 Å². The summed E-state index contributed by atoms with van der Waals surface area (Å²) in [7, 11) is 0. The predicted molar refractivity (Wildman–Crippen MR) is 56.8 cm³/mol. The fourth-order valence-corrected chi connectivity index (χ4v) is 1.31. The monoisotopic (exact) mass is 221 g/mol. The van der Waals surface area contributed by atoms with Crippen molar-refractivity contribution in [1.29, 1.82) is 0 Å². The van der Waals surface area contributed by atoms with Crippen LogP contribution >= 0.6 is 11.6 Å². The zero-order valence-corrected chi connectivity index (χ0v) is 8.55. The van der Waals surface area contributed by atoms with Crippen LogP contribution in [0.25, 0.3) is 0 Å². The van der Waals surface area contributed by atoms with E-state index in [0.717, 1.165) is 5.56 Å². The molecule has 0 saturated heterocycles. The van der Waals surface area contributed by atoms with E-state index in [1.54, 1.807) is 12.3 Å². The summed E-state index contributed by atoms with van der Waals surface area (Å²) >= 11 is 5.65. The van der Waals surface area contributed by atoms with Gasteiger partial charge in [0, 0.05) is 18.5 Å². The Kier molecular flexibility index (Phi) is 2.78. The molecule has 0 spiro atoms. The summed E-state index contributed by atoms with van der Waals surface area (Å²) in [6.07, 6.45) is 4.61. The minimum atomic E-state index is -0.0834. The van der Waals surface area contributed by atoms with Crippen molar-refractivity contribution in [2.45, 2.75) is 6.54 Å². The molecular formula is C10H8ClN3O. The molecule has 0 radical (unpaired) electrons. The van der Waals surface area contributed by atoms with Crippen LogP contribution in [0.15, 0.2) is 41.7 Å². The first-order chi connectivity index (χ1) is 7.25. The van der Waals surface area contributed by atoms with Crippen molar-refractivity contribution in [3.8, 4) is 0 Å². The smallest absolute Gasteiger partial charge is 0.253 e. The SMILES string of the molecule is O=c1ccncn1Cc1ccc(Cl)nc1. The van der Waals surface area contributed by atoms with Gasteiger partial charge >= 0.3 is 0 Å². The van der Waals surface area contributed by atoms with Gasteiger partial charge in [-0.05, 0) is 11.6 Å². The molecule has 0 saturated carbocycles. The molecule has 2 aromatic rings. The largest absolute Gasteiger partial charge is 0.295 e. The Balaban J connectivity index is 2.26. The van der Waals surface area contributed by atoms with E-state index < -0.39 is 0 Å². The summed E-state index contributed by atoms with van der Waals surface area (Å²) in [4.78, 5) is 19.2. The lowest BCUT2D eigenvalue weighted by Gasteiger charge is -2.03. The van der Waals surface area contributed by atoms with Crippen molar-refractivity contribution in [1.82, 2.24) is 14.5 Å². The lowest BCUT2D eigenvalue weighted by Crippen LogP contribution is -2.19. The van der Waals surface area contributed by atoms with Crippen molar-refractivity contribution >= 4 is 11.6 Å². The van der Waals surface area contributed by atoms with E-state index in [9.17, 15) is 4.79 Å². The summed E-state index contributed by atoms with van der Waals surface area (Å²) in [5.41, 5.74) is 0.828. The van der Waals surface area contributed by atoms with Crippen LogP contribution in [0.1, 0.15) is 5.56 Å². The molecule has 2 rings (SSSR count). The van der Waals surface area contributed by atoms with Gasteiger partial charge in [0.05, 0.1) is 12.9 Å². The molecule has 2 heterocycles. The summed E-state index contributed by atoms with van der Waals surface area (Å²) in [6.45, 7) is 0.455. The average molecular weight is 222 g/mol. The molecule has 5 heteroatoms. The summed E-state index contributed by atoms with van der Waals surface area (Å²) in [5.74, 6) is 0. The Morgan fingerprint density at radius 2 is 2.20 bits per heavy atom. The van der Waals surface area contributed by atoms with E-state index in [1.807, 2.05) is 6.07 Å². The molecule has 0 aliphatic heterocycles. The van der Waals surface area contributed by atoms with Crippen molar-refractivity contribution in [3.05, 3.63) is 58.0 Å². The molecule has 2 aromatic heterocycles. The zero-order valence-electron chi connectivity index (χ0n) is 7.80. The first kappa shape index (κ1) is 9.86. The highest BCUT2D eigenvalue weighted by Crippen LogP contribution is 2.05. The Labute approximate surface area is 91.2 Å². The molecule has 0 aromatic carbocycles. The highest BCUT2D eigenvalue weighted by molar-refractivity contribution is 6.29. The number of nitrogens with zero attached hydrogens (tertiary/aromatic N) is 3. The van der Waals surface area contributed by atoms with E-state index in [2.05, 4.69) is 9.97 Å². The second-order valence-electron chi connectivity index (χ2n) is 3.04. The molecule has 0 aliphatic carbocycles. The number of aromatic nitrogens is 3. The highest BCUT2D eigenvalue weighted by atomic mass is 35.5. The van der Waals surface area contributed by atoms with Crippen molar-refractivity contribution in [2.24, 2.45) is 0 Å². The molecule has 0 aliphatic rings. The maximum atomic E-state index is 11.4. The van der Waals surface area contributed by atoms with E-state index in [-0.39, 0.29) is 5.56 Å². The molecule has 0 bridgehead atoms. The van der Waals surface area contributed by atoms with Gasteiger partial charge in [0.15, 0.2) is 0 Å². The first-order valence-corrected chi connectivity index (χ1v) is 4.74. The normalized spacial score (nSPS) is 10.2. The molecule has 15 heavy (non-hydrogen) atoms. The molecule has 0 atom stereocenters. The maximum absolute atomic E-state index is 11.4. The average Bonchev–Trinajstić information content (AvgIpc) is 2.25. The summed E-state index contributed by atoms with van der Waals surface area (Å²) in [6, 6.07) is 4.94. The quantitative estimate of drug-likeness (QED) is 0.719. The second kappa shape index (κ2) is 4.23. The van der Waals surface area contributed by atoms with E-state index in [4.69, 9.17) is 11.6 Å². The van der Waals surface area contributed by atoms with Gasteiger partial charge in [-0.3, -0.25) is 9.36 Å². The molecule has 4 nitrogen and oxygen atoms in total. The molecule has 0 amide bonds. The Hall–Kier alpha value is -1.68. The van der Waals surface area contributed by atoms with Gasteiger partial charge in [-0.1, -0.05) is 17.7 Å². The minimum Gasteiger partial charge on any atom is -0.295 e. The number of hydrogen-bond acceptors (Lipinski definition) is 3. The number of halogens is 1. The third-order valence-electron chi connectivity index (χ3n) is 1.93. The van der Waals surface area contributed by atoms with Crippen LogP contribution < -0.4 is 5.56 Å². The first-order valence-electron chi connectivity index (χ1n) is 4.36. The molecular weight excluding hydrogens is 214 g/mol. The third-order valence-corrected chi connectivity index (χ3v) is 2.16. The number of rotatable bonds is 2. The lowest BCUT2D eigenvalue weighted by molar-refractivity contribution is 0.733. The lowest BCUT2D eigenvalue weighted by atomic mass is 10.3. The maximum Gasteiger partial charge on any atom is 0.253 e. The highest BCUT2D eigenvalue weighted by Gasteiger charge is 1.97. The fraction of sp³-hybridized carbons (Fsp3) is 0.100. The van der Waals surface area contributed by atoms with Gasteiger partial charge in [0.1, 0.15) is 5.15 Å². The van der Waals surface area contributed by atoms with E-state index in [1.165, 1.54) is 23.2 Å². The standard InChI is InChI=1S/C10H8ClN3O/c11-9-2-1-8(5-13-9)6-14-7-12-4-3-10(14)15/h1-5,7H,6H2. The van der Waals surface area contributed by atoms with E-state index in [0.29, 0.717) is 11.7 Å². The number of hydrogen-bond donors (Lipinski definition) is 0. The van der Waals surface area contributed by atoms with Gasteiger partial charge in [-0.15, -0.1) is 0 Å². The van der Waals surface area contributed by atoms with Crippen LogP contribution in [0.2, 0.25) is 5.15 Å². The molecule has 0 fully saturated rings. The van der Waals surface area contributed by atoms with E-state index >= 15 is 0 Å².